The van der Waals surface area contributed by atoms with Crippen molar-refractivity contribution in [2.45, 2.75) is 39.9 Å². The first-order valence-corrected chi connectivity index (χ1v) is 8.43. The van der Waals surface area contributed by atoms with Crippen molar-refractivity contribution in [1.82, 2.24) is 0 Å². The summed E-state index contributed by atoms with van der Waals surface area (Å²) in [5, 5.41) is 20.9. The maximum Gasteiger partial charge on any atom is 0.193 e. The Hall–Kier alpha value is -1.97. The van der Waals surface area contributed by atoms with Crippen LogP contribution in [0.1, 0.15) is 67.0 Å². The number of aliphatic hydroxyl groups excluding tert-OH is 2. The number of aliphatic hydroxyl groups is 2. The summed E-state index contributed by atoms with van der Waals surface area (Å²) in [6.45, 7) is 7.68. The molecule has 2 N–H and O–H groups in total. The summed E-state index contributed by atoms with van der Waals surface area (Å²) in [7, 11) is 0. The van der Waals surface area contributed by atoms with E-state index < -0.39 is 12.2 Å². The van der Waals surface area contributed by atoms with Crippen LogP contribution < -0.4 is 0 Å². The Kier molecular flexibility index (Phi) is 5.92. The van der Waals surface area contributed by atoms with E-state index >= 15 is 0 Å². The molecule has 0 spiro atoms. The predicted molar refractivity (Wildman–Crippen MR) is 95.9 cm³/mol. The third-order valence-electron chi connectivity index (χ3n) is 4.31. The molecule has 0 amide bonds. The molecule has 2 rings (SSSR count). The molecule has 0 saturated heterocycles. The SMILES string of the molecule is CC(C)C(O)c1ccccc1C(=O)c1ccccc1C(O)C(C)C. The first-order chi connectivity index (χ1) is 11.3. The lowest BCUT2D eigenvalue weighted by Gasteiger charge is -2.21. The maximum absolute atomic E-state index is 13.1. The zero-order chi connectivity index (χ0) is 17.9. The van der Waals surface area contributed by atoms with Crippen LogP contribution in [-0.4, -0.2) is 16.0 Å². The summed E-state index contributed by atoms with van der Waals surface area (Å²) in [5.74, 6) is -0.147. The molecule has 3 nitrogen and oxygen atoms in total. The van der Waals surface area contributed by atoms with Crippen molar-refractivity contribution >= 4 is 5.78 Å². The average molecular weight is 326 g/mol. The highest BCUT2D eigenvalue weighted by molar-refractivity contribution is 6.11. The van der Waals surface area contributed by atoms with Gasteiger partial charge >= 0.3 is 0 Å². The van der Waals surface area contributed by atoms with E-state index in [4.69, 9.17) is 0 Å². The van der Waals surface area contributed by atoms with Crippen LogP contribution in [0.4, 0.5) is 0 Å². The summed E-state index contributed by atoms with van der Waals surface area (Å²) in [5.41, 5.74) is 2.24. The van der Waals surface area contributed by atoms with Crippen LogP contribution in [0.15, 0.2) is 48.5 Å². The minimum absolute atomic E-state index is 0.00967. The summed E-state index contributed by atoms with van der Waals surface area (Å²) in [6, 6.07) is 14.3. The lowest BCUT2D eigenvalue weighted by molar-refractivity contribution is 0.0992. The molecular weight excluding hydrogens is 300 g/mol. The average Bonchev–Trinajstić information content (AvgIpc) is 2.59. The summed E-state index contributed by atoms with van der Waals surface area (Å²) in [6.07, 6.45) is -1.40. The van der Waals surface area contributed by atoms with E-state index in [1.807, 2.05) is 39.8 Å². The van der Waals surface area contributed by atoms with E-state index in [2.05, 4.69) is 0 Å². The first kappa shape index (κ1) is 18.4. The minimum atomic E-state index is -0.702. The second-order valence-corrected chi connectivity index (χ2v) is 6.88. The van der Waals surface area contributed by atoms with Gasteiger partial charge in [0, 0.05) is 11.1 Å². The van der Waals surface area contributed by atoms with E-state index in [0.717, 1.165) is 0 Å². The van der Waals surface area contributed by atoms with E-state index in [1.165, 1.54) is 0 Å². The van der Waals surface area contributed by atoms with Gasteiger partial charge in [-0.25, -0.2) is 0 Å². The number of ketones is 1. The third kappa shape index (κ3) is 3.74. The molecule has 2 aromatic carbocycles. The van der Waals surface area contributed by atoms with Crippen molar-refractivity contribution in [2.75, 3.05) is 0 Å². The van der Waals surface area contributed by atoms with Crippen molar-refractivity contribution in [3.63, 3.8) is 0 Å². The van der Waals surface area contributed by atoms with Crippen molar-refractivity contribution < 1.29 is 15.0 Å². The maximum atomic E-state index is 13.1. The number of carbonyl (C=O) groups excluding carboxylic acids is 1. The highest BCUT2D eigenvalue weighted by atomic mass is 16.3. The molecule has 0 saturated carbocycles. The van der Waals surface area contributed by atoms with Crippen molar-refractivity contribution in [1.29, 1.82) is 0 Å². The van der Waals surface area contributed by atoms with Gasteiger partial charge in [-0.15, -0.1) is 0 Å². The topological polar surface area (TPSA) is 57.5 Å². The normalized spacial score (nSPS) is 14.0. The van der Waals surface area contributed by atoms with Crippen molar-refractivity contribution in [3.05, 3.63) is 70.8 Å². The molecule has 0 aromatic heterocycles. The fourth-order valence-electron chi connectivity index (χ4n) is 2.79. The molecule has 0 fully saturated rings. The zero-order valence-corrected chi connectivity index (χ0v) is 14.7. The summed E-state index contributed by atoms with van der Waals surface area (Å²) >= 11 is 0. The Morgan fingerprint density at radius 1 is 0.708 bits per heavy atom. The summed E-state index contributed by atoms with van der Waals surface area (Å²) in [4.78, 5) is 13.1. The molecular formula is C21H26O3. The van der Waals surface area contributed by atoms with Crippen molar-refractivity contribution in [2.24, 2.45) is 11.8 Å². The van der Waals surface area contributed by atoms with Crippen LogP contribution in [0.3, 0.4) is 0 Å². The number of hydrogen-bond acceptors (Lipinski definition) is 3. The second kappa shape index (κ2) is 7.73. The molecule has 2 aromatic rings. The minimum Gasteiger partial charge on any atom is -0.388 e. The molecule has 0 aliphatic heterocycles. The largest absolute Gasteiger partial charge is 0.388 e. The van der Waals surface area contributed by atoms with Gasteiger partial charge in [0.05, 0.1) is 12.2 Å². The molecule has 0 radical (unpaired) electrons. The highest BCUT2D eigenvalue weighted by Crippen LogP contribution is 2.30. The van der Waals surface area contributed by atoms with Gasteiger partial charge in [-0.3, -0.25) is 4.79 Å². The van der Waals surface area contributed by atoms with Gasteiger partial charge in [-0.05, 0) is 23.0 Å². The Balaban J connectivity index is 2.52. The van der Waals surface area contributed by atoms with E-state index in [1.54, 1.807) is 36.4 Å². The quantitative estimate of drug-likeness (QED) is 0.778. The molecule has 24 heavy (non-hydrogen) atoms. The van der Waals surface area contributed by atoms with Gasteiger partial charge in [0.25, 0.3) is 0 Å². The molecule has 128 valence electrons. The lowest BCUT2D eigenvalue weighted by atomic mass is 9.87. The van der Waals surface area contributed by atoms with Crippen LogP contribution in [-0.2, 0) is 0 Å². The van der Waals surface area contributed by atoms with Gasteiger partial charge in [0.1, 0.15) is 0 Å². The fourth-order valence-corrected chi connectivity index (χ4v) is 2.79. The summed E-state index contributed by atoms with van der Waals surface area (Å²) < 4.78 is 0. The van der Waals surface area contributed by atoms with Gasteiger partial charge in [-0.2, -0.15) is 0 Å². The molecule has 0 aliphatic carbocycles. The van der Waals surface area contributed by atoms with Crippen LogP contribution in [0.5, 0.6) is 0 Å². The van der Waals surface area contributed by atoms with Crippen molar-refractivity contribution in [3.8, 4) is 0 Å². The third-order valence-corrected chi connectivity index (χ3v) is 4.31. The first-order valence-electron chi connectivity index (χ1n) is 8.43. The predicted octanol–water partition coefficient (Wildman–Crippen LogP) is 4.30. The number of benzene rings is 2. The Morgan fingerprint density at radius 3 is 1.38 bits per heavy atom. The molecule has 3 heteroatoms. The van der Waals surface area contributed by atoms with Crippen LogP contribution in [0, 0.1) is 11.8 Å². The number of rotatable bonds is 6. The monoisotopic (exact) mass is 326 g/mol. The van der Waals surface area contributed by atoms with E-state index in [0.29, 0.717) is 22.3 Å². The van der Waals surface area contributed by atoms with Crippen LogP contribution >= 0.6 is 0 Å². The number of hydrogen-bond donors (Lipinski definition) is 2. The number of carbonyl (C=O) groups is 1. The Bertz CT molecular complexity index is 644. The van der Waals surface area contributed by atoms with Gasteiger partial charge < -0.3 is 10.2 Å². The van der Waals surface area contributed by atoms with Crippen LogP contribution in [0.2, 0.25) is 0 Å². The fraction of sp³-hybridized carbons (Fsp3) is 0.381. The molecule has 0 aliphatic rings. The second-order valence-electron chi connectivity index (χ2n) is 6.88. The van der Waals surface area contributed by atoms with E-state index in [9.17, 15) is 15.0 Å². The molecule has 2 unspecified atom stereocenters. The molecule has 0 bridgehead atoms. The molecule has 2 atom stereocenters. The smallest absolute Gasteiger partial charge is 0.193 e. The van der Waals surface area contributed by atoms with Crippen LogP contribution in [0.25, 0.3) is 0 Å². The van der Waals surface area contributed by atoms with E-state index in [-0.39, 0.29) is 17.6 Å². The lowest BCUT2D eigenvalue weighted by Crippen LogP contribution is -2.16. The Labute approximate surface area is 144 Å². The standard InChI is InChI=1S/C21H26O3/c1-13(2)19(22)15-9-5-7-11-17(15)21(24)18-12-8-6-10-16(18)20(23)14(3)4/h5-14,19-20,22-23H,1-4H3. The zero-order valence-electron chi connectivity index (χ0n) is 14.7. The van der Waals surface area contributed by atoms with Gasteiger partial charge in [-0.1, -0.05) is 76.2 Å². The highest BCUT2D eigenvalue weighted by Gasteiger charge is 2.24. The van der Waals surface area contributed by atoms with Gasteiger partial charge in [0.15, 0.2) is 5.78 Å². The van der Waals surface area contributed by atoms with Gasteiger partial charge in [0.2, 0.25) is 0 Å². The molecule has 0 heterocycles. The Morgan fingerprint density at radius 2 is 1.04 bits per heavy atom.